The smallest absolute Gasteiger partial charge is 0.282 e. The van der Waals surface area contributed by atoms with E-state index in [0.717, 1.165) is 5.56 Å². The van der Waals surface area contributed by atoms with Crippen LogP contribution >= 0.6 is 0 Å². The molecule has 0 bridgehead atoms. The molecule has 1 rings (SSSR count). The lowest BCUT2D eigenvalue weighted by molar-refractivity contribution is 0.483. The van der Waals surface area contributed by atoms with E-state index in [4.69, 9.17) is 15.6 Å². The normalized spacial score (nSPS) is 9.57. The summed E-state index contributed by atoms with van der Waals surface area (Å²) in [5.41, 5.74) is 12.0. The first-order valence-electron chi connectivity index (χ1n) is 3.49. The van der Waals surface area contributed by atoms with E-state index in [-0.39, 0.29) is 4.90 Å². The number of rotatable bonds is 1. The Morgan fingerprint density at radius 1 is 1.21 bits per heavy atom. The van der Waals surface area contributed by atoms with Crippen LogP contribution in [0.25, 0.3) is 0 Å². The summed E-state index contributed by atoms with van der Waals surface area (Å²) in [6.45, 7) is 1.84. The predicted octanol–water partition coefficient (Wildman–Crippen LogP) is 1.36. The molecule has 6 nitrogen and oxygen atoms in total. The second-order valence-electron chi connectivity index (χ2n) is 2.40. The molecule has 76 valence electrons. The average molecular weight is 216 g/mol. The molecule has 0 aliphatic rings. The Morgan fingerprint density at radius 2 is 1.57 bits per heavy atom. The summed E-state index contributed by atoms with van der Waals surface area (Å²) in [6.07, 6.45) is 0. The lowest BCUT2D eigenvalue weighted by atomic mass is 10.2. The molecule has 0 aromatic heterocycles. The third kappa shape index (κ3) is 4.46. The van der Waals surface area contributed by atoms with Crippen molar-refractivity contribution in [3.05, 3.63) is 29.8 Å². The number of hydrogen-bond donors (Lipinski definition) is 3. The van der Waals surface area contributed by atoms with E-state index >= 15 is 0 Å². The molecule has 0 fully saturated rings. The van der Waals surface area contributed by atoms with E-state index in [0.29, 0.717) is 0 Å². The van der Waals surface area contributed by atoms with Gasteiger partial charge in [0, 0.05) is 0 Å². The monoisotopic (exact) mass is 216 g/mol. The summed E-state index contributed by atoms with van der Waals surface area (Å²) in [4.78, 5) is 1.93. The van der Waals surface area contributed by atoms with Crippen LogP contribution in [0.5, 0.6) is 0 Å². The molecule has 0 aliphatic carbocycles. The molecule has 14 heavy (non-hydrogen) atoms. The SMILES string of the molecule is Cc1ccc(S(=O)(=O)O)cc1.N=[N+]=N. The zero-order chi connectivity index (χ0) is 11.2. The lowest BCUT2D eigenvalue weighted by Gasteiger charge is -1.95. The van der Waals surface area contributed by atoms with Gasteiger partial charge in [-0.2, -0.15) is 8.42 Å². The fourth-order valence-corrected chi connectivity index (χ4v) is 1.19. The van der Waals surface area contributed by atoms with Gasteiger partial charge in [-0.3, -0.25) is 4.55 Å². The Labute approximate surface area is 81.4 Å². The van der Waals surface area contributed by atoms with Crippen molar-refractivity contribution in [1.29, 1.82) is 11.1 Å². The molecule has 0 amide bonds. The molecule has 7 heteroatoms. The van der Waals surface area contributed by atoms with Gasteiger partial charge in [0.2, 0.25) is 4.91 Å². The van der Waals surface area contributed by atoms with E-state index < -0.39 is 10.1 Å². The maximum atomic E-state index is 10.5. The van der Waals surface area contributed by atoms with Gasteiger partial charge in [0.1, 0.15) is 11.1 Å². The highest BCUT2D eigenvalue weighted by atomic mass is 32.2. The molecule has 3 N–H and O–H groups in total. The maximum absolute atomic E-state index is 10.5. The molecule has 1 aromatic rings. The van der Waals surface area contributed by atoms with Crippen LogP contribution < -0.4 is 4.91 Å². The van der Waals surface area contributed by atoms with Gasteiger partial charge in [0.15, 0.2) is 0 Å². The second kappa shape index (κ2) is 5.23. The fraction of sp³-hybridized carbons (Fsp3) is 0.143. The molecule has 1 aromatic carbocycles. The van der Waals surface area contributed by atoms with Crippen molar-refractivity contribution in [3.63, 3.8) is 0 Å². The number of nitrogens with one attached hydrogen (secondary N) is 2. The van der Waals surface area contributed by atoms with E-state index in [1.807, 2.05) is 11.8 Å². The molecular formula is C7H10N3O3S+. The van der Waals surface area contributed by atoms with Crippen molar-refractivity contribution >= 4 is 10.1 Å². The number of benzene rings is 1. The summed E-state index contributed by atoms with van der Waals surface area (Å²) >= 11 is 0. The third-order valence-corrected chi connectivity index (χ3v) is 2.19. The number of nitrogens with zero attached hydrogens (tertiary/aromatic N) is 1. The molecule has 0 heterocycles. The van der Waals surface area contributed by atoms with E-state index in [2.05, 4.69) is 0 Å². The van der Waals surface area contributed by atoms with E-state index in [1.165, 1.54) is 12.1 Å². The van der Waals surface area contributed by atoms with Crippen LogP contribution in [0.2, 0.25) is 0 Å². The molecule has 0 aliphatic heterocycles. The Balaban J connectivity index is 0.000000500. The van der Waals surface area contributed by atoms with Gasteiger partial charge in [0.05, 0.1) is 4.90 Å². The summed E-state index contributed by atoms with van der Waals surface area (Å²) in [6, 6.07) is 5.99. The molecule has 0 unspecified atom stereocenters. The van der Waals surface area contributed by atoms with Gasteiger partial charge in [-0.05, 0) is 19.1 Å². The minimum absolute atomic E-state index is 0.0666. The van der Waals surface area contributed by atoms with Gasteiger partial charge < -0.3 is 0 Å². The van der Waals surface area contributed by atoms with Crippen molar-refractivity contribution in [2.45, 2.75) is 11.8 Å². The number of hydrogen-bond acceptors (Lipinski definition) is 4. The van der Waals surface area contributed by atoms with Gasteiger partial charge in [0.25, 0.3) is 10.1 Å². The molecule has 0 atom stereocenters. The average Bonchev–Trinajstić information content (AvgIpc) is 2.04. The van der Waals surface area contributed by atoms with Crippen molar-refractivity contribution in [2.75, 3.05) is 0 Å². The van der Waals surface area contributed by atoms with Gasteiger partial charge in [-0.25, -0.2) is 0 Å². The maximum Gasteiger partial charge on any atom is 0.294 e. The zero-order valence-corrected chi connectivity index (χ0v) is 8.25. The Hall–Kier alpha value is -1.56. The zero-order valence-electron chi connectivity index (χ0n) is 7.43. The molecule has 0 spiro atoms. The minimum atomic E-state index is -4.02. The van der Waals surface area contributed by atoms with E-state index in [1.54, 1.807) is 12.1 Å². The third-order valence-electron chi connectivity index (χ3n) is 1.32. The van der Waals surface area contributed by atoms with Gasteiger partial charge in [-0.15, -0.1) is 0 Å². The van der Waals surface area contributed by atoms with Crippen LogP contribution in [0.15, 0.2) is 29.2 Å². The fourth-order valence-electron chi connectivity index (χ4n) is 0.710. The van der Waals surface area contributed by atoms with Crippen molar-refractivity contribution in [3.8, 4) is 0 Å². The number of aryl methyl sites for hydroxylation is 1. The first-order chi connectivity index (χ1) is 6.41. The molecule has 0 saturated heterocycles. The molecule has 0 radical (unpaired) electrons. The summed E-state index contributed by atoms with van der Waals surface area (Å²) in [7, 11) is -4.02. The van der Waals surface area contributed by atoms with Crippen LogP contribution in [-0.4, -0.2) is 13.0 Å². The lowest BCUT2D eigenvalue weighted by Crippen LogP contribution is -1.96. The first-order valence-corrected chi connectivity index (χ1v) is 4.93. The second-order valence-corrected chi connectivity index (χ2v) is 3.82. The minimum Gasteiger partial charge on any atom is -0.282 e. The molecule has 0 saturated carbocycles. The highest BCUT2D eigenvalue weighted by Crippen LogP contribution is 2.08. The van der Waals surface area contributed by atoms with Crippen molar-refractivity contribution in [2.24, 2.45) is 0 Å². The quantitative estimate of drug-likeness (QED) is 0.373. The standard InChI is InChI=1S/C7H8O3S.H2N3/c1-6-2-4-7(5-3-6)11(8,9)10;1-3-2/h2-5H,1H3,(H,8,9,10);1-2H/q;+1. The van der Waals surface area contributed by atoms with Crippen LogP contribution in [0.1, 0.15) is 5.56 Å². The Kier molecular flexibility index (Phi) is 4.65. The topological polar surface area (TPSA) is 116 Å². The predicted molar refractivity (Wildman–Crippen MR) is 48.6 cm³/mol. The highest BCUT2D eigenvalue weighted by molar-refractivity contribution is 7.85. The van der Waals surface area contributed by atoms with Crippen LogP contribution in [0.4, 0.5) is 0 Å². The van der Waals surface area contributed by atoms with Gasteiger partial charge in [-0.1, -0.05) is 17.7 Å². The summed E-state index contributed by atoms with van der Waals surface area (Å²) < 4.78 is 29.6. The van der Waals surface area contributed by atoms with Crippen molar-refractivity contribution < 1.29 is 13.0 Å². The largest absolute Gasteiger partial charge is 0.294 e. The van der Waals surface area contributed by atoms with Crippen LogP contribution in [-0.2, 0) is 10.1 Å². The van der Waals surface area contributed by atoms with Crippen LogP contribution in [0.3, 0.4) is 0 Å². The summed E-state index contributed by atoms with van der Waals surface area (Å²) in [5.74, 6) is 0. The summed E-state index contributed by atoms with van der Waals surface area (Å²) in [5, 5.41) is 0. The van der Waals surface area contributed by atoms with E-state index in [9.17, 15) is 8.42 Å². The highest BCUT2D eigenvalue weighted by Gasteiger charge is 2.06. The van der Waals surface area contributed by atoms with Crippen molar-refractivity contribution in [1.82, 2.24) is 4.91 Å². The first kappa shape index (κ1) is 12.4. The van der Waals surface area contributed by atoms with Gasteiger partial charge >= 0.3 is 0 Å². The molecular weight excluding hydrogens is 206 g/mol. The Bertz CT molecular complexity index is 418. The Morgan fingerprint density at radius 3 is 1.86 bits per heavy atom. The van der Waals surface area contributed by atoms with Crippen LogP contribution in [0, 0.1) is 18.0 Å².